The Morgan fingerprint density at radius 3 is 1.18 bits per heavy atom. The van der Waals surface area contributed by atoms with Crippen molar-refractivity contribution in [3.8, 4) is 0 Å². The van der Waals surface area contributed by atoms with Gasteiger partial charge in [0, 0.05) is 0 Å². The molecule has 0 atom stereocenters. The third-order valence-corrected chi connectivity index (χ3v) is 8.73. The maximum atomic E-state index is 2.34. The van der Waals surface area contributed by atoms with Gasteiger partial charge in [0.15, 0.2) is 0 Å². The molecule has 0 radical (unpaired) electrons. The lowest BCUT2D eigenvalue weighted by atomic mass is 9.95. The quantitative estimate of drug-likeness (QED) is 0.279. The van der Waals surface area contributed by atoms with Crippen LogP contribution < -0.4 is 0 Å². The Morgan fingerprint density at radius 1 is 0.523 bits per heavy atom. The van der Waals surface area contributed by atoms with Gasteiger partial charge in [0.05, 0.1) is 0 Å². The molecule has 0 heterocycles. The molecule has 0 bridgehead atoms. The summed E-state index contributed by atoms with van der Waals surface area (Å²) < 4.78 is 0. The first-order chi connectivity index (χ1) is 20.5. The van der Waals surface area contributed by atoms with Crippen molar-refractivity contribution in [1.82, 2.24) is 0 Å². The van der Waals surface area contributed by atoms with E-state index >= 15 is 0 Å². The van der Waals surface area contributed by atoms with E-state index in [0.717, 1.165) is 11.8 Å². The largest absolute Gasteiger partial charge is 0.0651 e. The zero-order valence-corrected chi connectivity index (χ0v) is 32.1. The molecule has 4 rings (SSSR count). The lowest BCUT2D eigenvalue weighted by Crippen LogP contribution is -1.93. The number of rotatable bonds is 4. The van der Waals surface area contributed by atoms with Crippen molar-refractivity contribution in [1.29, 1.82) is 0 Å². The molecule has 44 heavy (non-hydrogen) atoms. The average Bonchev–Trinajstić information content (AvgIpc) is 3.43. The molecule has 0 heteroatoms. The molecule has 1 saturated carbocycles. The molecule has 0 N–H and O–H groups in total. The maximum Gasteiger partial charge on any atom is -0.0219 e. The van der Waals surface area contributed by atoms with Crippen LogP contribution in [-0.4, -0.2) is 0 Å². The van der Waals surface area contributed by atoms with Gasteiger partial charge in [-0.15, -0.1) is 0 Å². The molecule has 0 amide bonds. The van der Waals surface area contributed by atoms with E-state index < -0.39 is 0 Å². The SMILES string of the molecule is CC1CCCC1.CCC(C)C.Cc1cc(C(C)C)cc(C)c1C.Cc1cc(C)cc(C(C)C)c1.Cc1ccc(C(C)C)cc1. The van der Waals surface area contributed by atoms with Gasteiger partial charge in [-0.05, 0) is 105 Å². The molecule has 1 fully saturated rings. The summed E-state index contributed by atoms with van der Waals surface area (Å²) in [7, 11) is 0. The van der Waals surface area contributed by atoms with Gasteiger partial charge in [0.2, 0.25) is 0 Å². The minimum atomic E-state index is 0.642. The van der Waals surface area contributed by atoms with Crippen molar-refractivity contribution in [2.45, 2.75) is 161 Å². The number of aryl methyl sites for hydroxylation is 5. The van der Waals surface area contributed by atoms with Gasteiger partial charge >= 0.3 is 0 Å². The fraction of sp³-hybridized carbons (Fsp3) is 0.591. The summed E-state index contributed by atoms with van der Waals surface area (Å²) in [5, 5.41) is 0. The van der Waals surface area contributed by atoms with E-state index in [2.05, 4.69) is 165 Å². The third kappa shape index (κ3) is 18.5. The molecule has 1 aliphatic carbocycles. The van der Waals surface area contributed by atoms with E-state index in [-0.39, 0.29) is 0 Å². The van der Waals surface area contributed by atoms with Crippen LogP contribution in [0.1, 0.15) is 169 Å². The van der Waals surface area contributed by atoms with Crippen molar-refractivity contribution < 1.29 is 0 Å². The zero-order valence-electron chi connectivity index (χ0n) is 32.1. The first-order valence-corrected chi connectivity index (χ1v) is 17.7. The summed E-state index contributed by atoms with van der Waals surface area (Å²) in [6.45, 7) is 35.3. The Hall–Kier alpha value is -2.34. The second-order valence-corrected chi connectivity index (χ2v) is 14.8. The fourth-order valence-electron chi connectivity index (χ4n) is 4.83. The van der Waals surface area contributed by atoms with E-state index in [1.165, 1.54) is 82.2 Å². The van der Waals surface area contributed by atoms with Crippen molar-refractivity contribution in [3.63, 3.8) is 0 Å². The molecule has 0 spiro atoms. The van der Waals surface area contributed by atoms with Crippen LogP contribution in [0.2, 0.25) is 0 Å². The average molecular weight is 601 g/mol. The predicted molar refractivity (Wildman–Crippen MR) is 203 cm³/mol. The Morgan fingerprint density at radius 2 is 0.886 bits per heavy atom. The van der Waals surface area contributed by atoms with E-state index in [1.54, 1.807) is 0 Å². The fourth-order valence-corrected chi connectivity index (χ4v) is 4.83. The highest BCUT2D eigenvalue weighted by atomic mass is 14.1. The molecule has 3 aromatic rings. The second kappa shape index (κ2) is 22.2. The second-order valence-electron chi connectivity index (χ2n) is 14.8. The predicted octanol–water partition coefficient (Wildman–Crippen LogP) is 14.5. The molecule has 0 nitrogen and oxygen atoms in total. The summed E-state index contributed by atoms with van der Waals surface area (Å²) in [6, 6.07) is 20.0. The maximum absolute atomic E-state index is 2.34. The van der Waals surface area contributed by atoms with Gasteiger partial charge in [0.1, 0.15) is 0 Å². The van der Waals surface area contributed by atoms with Gasteiger partial charge in [-0.1, -0.05) is 173 Å². The monoisotopic (exact) mass is 601 g/mol. The number of hydrogen-bond acceptors (Lipinski definition) is 0. The van der Waals surface area contributed by atoms with Gasteiger partial charge < -0.3 is 0 Å². The van der Waals surface area contributed by atoms with Crippen LogP contribution in [0, 0.1) is 53.4 Å². The smallest absolute Gasteiger partial charge is 0.0219 e. The van der Waals surface area contributed by atoms with Gasteiger partial charge in [-0.25, -0.2) is 0 Å². The molecular weight excluding hydrogens is 528 g/mol. The van der Waals surface area contributed by atoms with Gasteiger partial charge in [-0.3, -0.25) is 0 Å². The summed E-state index contributed by atoms with van der Waals surface area (Å²) in [5.74, 6) is 3.87. The van der Waals surface area contributed by atoms with Crippen LogP contribution in [0.3, 0.4) is 0 Å². The van der Waals surface area contributed by atoms with E-state index in [0.29, 0.717) is 17.8 Å². The Balaban J connectivity index is 0.000000543. The standard InChI is InChI=1S/C12H18.C11H16.C10H14.C6H12.C5H12/c1-8(2)12-6-9(3)11(5)10(4)7-12;1-8(2)11-6-9(3)5-10(4)7-11;1-8(2)10-6-4-9(3)5-7-10;1-6-4-2-3-5-6;1-4-5(2)3/h6-8H,1-5H3;5-8H,1-4H3;4-8H,1-3H3;6H,2-5H2,1H3;5H,4H2,1-3H3. The lowest BCUT2D eigenvalue weighted by molar-refractivity contribution is 0.612. The van der Waals surface area contributed by atoms with Crippen LogP contribution in [0.15, 0.2) is 54.6 Å². The van der Waals surface area contributed by atoms with E-state index in [9.17, 15) is 0 Å². The van der Waals surface area contributed by atoms with Crippen molar-refractivity contribution in [3.05, 3.63) is 105 Å². The highest BCUT2D eigenvalue weighted by Gasteiger charge is 2.07. The van der Waals surface area contributed by atoms with Crippen molar-refractivity contribution in [2.75, 3.05) is 0 Å². The van der Waals surface area contributed by atoms with E-state index in [1.807, 2.05) is 0 Å². The third-order valence-electron chi connectivity index (χ3n) is 8.73. The van der Waals surface area contributed by atoms with E-state index in [4.69, 9.17) is 0 Å². The van der Waals surface area contributed by atoms with Crippen LogP contribution in [0.25, 0.3) is 0 Å². The molecule has 0 unspecified atom stereocenters. The Labute approximate surface area is 276 Å². The zero-order chi connectivity index (χ0) is 34.0. The molecule has 1 aliphatic rings. The Bertz CT molecular complexity index is 1110. The van der Waals surface area contributed by atoms with Gasteiger partial charge in [0.25, 0.3) is 0 Å². The number of hydrogen-bond donors (Lipinski definition) is 0. The number of benzene rings is 3. The first kappa shape index (κ1) is 41.7. The van der Waals surface area contributed by atoms with Crippen molar-refractivity contribution >= 4 is 0 Å². The highest BCUT2D eigenvalue weighted by molar-refractivity contribution is 5.38. The summed E-state index contributed by atoms with van der Waals surface area (Å²) in [6.07, 6.45) is 7.25. The topological polar surface area (TPSA) is 0 Å². The molecule has 3 aromatic carbocycles. The van der Waals surface area contributed by atoms with Crippen LogP contribution >= 0.6 is 0 Å². The van der Waals surface area contributed by atoms with Crippen molar-refractivity contribution in [2.24, 2.45) is 11.8 Å². The Kier molecular flexibility index (Phi) is 21.0. The molecular formula is C44H72. The minimum absolute atomic E-state index is 0.642. The van der Waals surface area contributed by atoms with Crippen LogP contribution in [0.5, 0.6) is 0 Å². The summed E-state index contributed by atoms with van der Waals surface area (Å²) in [4.78, 5) is 0. The molecule has 0 saturated heterocycles. The van der Waals surface area contributed by atoms with Crippen LogP contribution in [-0.2, 0) is 0 Å². The van der Waals surface area contributed by atoms with Gasteiger partial charge in [-0.2, -0.15) is 0 Å². The summed E-state index contributed by atoms with van der Waals surface area (Å²) >= 11 is 0. The molecule has 248 valence electrons. The molecule has 0 aliphatic heterocycles. The highest BCUT2D eigenvalue weighted by Crippen LogP contribution is 2.23. The normalized spacial score (nSPS) is 12.5. The minimum Gasteiger partial charge on any atom is -0.0651 e. The summed E-state index contributed by atoms with van der Waals surface area (Å²) in [5.41, 5.74) is 12.7. The lowest BCUT2D eigenvalue weighted by Gasteiger charge is -2.11. The molecule has 0 aromatic heterocycles. The van der Waals surface area contributed by atoms with Crippen LogP contribution in [0.4, 0.5) is 0 Å². The first-order valence-electron chi connectivity index (χ1n) is 17.7.